The van der Waals surface area contributed by atoms with E-state index in [1.165, 1.54) is 18.2 Å². The van der Waals surface area contributed by atoms with E-state index in [9.17, 15) is 9.59 Å². The van der Waals surface area contributed by atoms with Gasteiger partial charge in [-0.2, -0.15) is 0 Å². The number of aromatic nitrogens is 1. The average molecular weight is 265 g/mol. The van der Waals surface area contributed by atoms with Gasteiger partial charge in [0, 0.05) is 19.3 Å². The van der Waals surface area contributed by atoms with Crippen LogP contribution in [0.15, 0.2) is 18.3 Å². The molecule has 1 saturated heterocycles. The first-order chi connectivity index (χ1) is 8.98. The molecule has 0 bridgehead atoms. The molecule has 7 nitrogen and oxygen atoms in total. The molecule has 2 heterocycles. The van der Waals surface area contributed by atoms with Crippen molar-refractivity contribution in [2.24, 2.45) is 5.73 Å². The zero-order valence-corrected chi connectivity index (χ0v) is 10.5. The number of amides is 1. The summed E-state index contributed by atoms with van der Waals surface area (Å²) in [7, 11) is 1.42. The van der Waals surface area contributed by atoms with Crippen LogP contribution in [-0.4, -0.2) is 52.6 Å². The van der Waals surface area contributed by atoms with Gasteiger partial charge in [0.2, 0.25) is 5.88 Å². The lowest BCUT2D eigenvalue weighted by Crippen LogP contribution is -2.50. The summed E-state index contributed by atoms with van der Waals surface area (Å²) in [6, 6.07) is 3.21. The van der Waals surface area contributed by atoms with Gasteiger partial charge < -0.3 is 20.5 Å². The van der Waals surface area contributed by atoms with Gasteiger partial charge in [0.25, 0.3) is 5.91 Å². The fraction of sp³-hybridized carbons (Fsp3) is 0.417. The zero-order chi connectivity index (χ0) is 14.0. The minimum atomic E-state index is -1.37. The van der Waals surface area contributed by atoms with Crippen LogP contribution in [0.4, 0.5) is 0 Å². The van der Waals surface area contributed by atoms with Crippen LogP contribution in [0.2, 0.25) is 0 Å². The van der Waals surface area contributed by atoms with Crippen molar-refractivity contribution in [1.29, 1.82) is 0 Å². The zero-order valence-electron chi connectivity index (χ0n) is 10.5. The molecule has 102 valence electrons. The van der Waals surface area contributed by atoms with Gasteiger partial charge in [0.15, 0.2) is 0 Å². The molecule has 7 heteroatoms. The Bertz CT molecular complexity index is 519. The molecule has 0 aromatic carbocycles. The normalized spacial score (nSPS) is 22.3. The third-order valence-corrected chi connectivity index (χ3v) is 3.21. The SMILES string of the molecule is COc1ncccc1C(=O)N1CCC(N)(C(=O)O)C1. The number of carboxylic acid groups (broad SMARTS) is 1. The third-order valence-electron chi connectivity index (χ3n) is 3.21. The number of aliphatic carboxylic acids is 1. The smallest absolute Gasteiger partial charge is 0.325 e. The number of methoxy groups -OCH3 is 1. The van der Waals surface area contributed by atoms with Gasteiger partial charge in [-0.3, -0.25) is 9.59 Å². The van der Waals surface area contributed by atoms with Gasteiger partial charge in [-0.25, -0.2) is 4.98 Å². The number of nitrogens with zero attached hydrogens (tertiary/aromatic N) is 2. The molecule has 3 N–H and O–H groups in total. The van der Waals surface area contributed by atoms with Crippen molar-refractivity contribution < 1.29 is 19.4 Å². The molecule has 0 spiro atoms. The number of carbonyl (C=O) groups excluding carboxylic acids is 1. The van der Waals surface area contributed by atoms with E-state index in [0.717, 1.165) is 0 Å². The van der Waals surface area contributed by atoms with Gasteiger partial charge >= 0.3 is 5.97 Å². The predicted molar refractivity (Wildman–Crippen MR) is 65.9 cm³/mol. The largest absolute Gasteiger partial charge is 0.480 e. The van der Waals surface area contributed by atoms with Crippen LogP contribution in [0, 0.1) is 0 Å². The van der Waals surface area contributed by atoms with E-state index in [-0.39, 0.29) is 24.8 Å². The number of carbonyl (C=O) groups is 2. The molecule has 1 fully saturated rings. The Kier molecular flexibility index (Phi) is 3.39. The van der Waals surface area contributed by atoms with Gasteiger partial charge in [-0.15, -0.1) is 0 Å². The Morgan fingerprint density at radius 2 is 2.32 bits per heavy atom. The van der Waals surface area contributed by atoms with E-state index in [2.05, 4.69) is 4.98 Å². The van der Waals surface area contributed by atoms with Gasteiger partial charge in [0.1, 0.15) is 11.1 Å². The van der Waals surface area contributed by atoms with E-state index in [4.69, 9.17) is 15.6 Å². The Hall–Kier alpha value is -2.15. The number of nitrogens with two attached hydrogens (primary N) is 1. The van der Waals surface area contributed by atoms with Gasteiger partial charge in [-0.05, 0) is 18.6 Å². The van der Waals surface area contributed by atoms with Crippen LogP contribution in [0.1, 0.15) is 16.8 Å². The lowest BCUT2D eigenvalue weighted by Gasteiger charge is -2.20. The summed E-state index contributed by atoms with van der Waals surface area (Å²) in [6.07, 6.45) is 1.75. The number of hydrogen-bond donors (Lipinski definition) is 2. The monoisotopic (exact) mass is 265 g/mol. The molecule has 1 atom stereocenters. The molecule has 1 aliphatic heterocycles. The number of carboxylic acids is 1. The molecule has 1 aromatic heterocycles. The lowest BCUT2D eigenvalue weighted by molar-refractivity contribution is -0.142. The second-order valence-corrected chi connectivity index (χ2v) is 4.50. The Labute approximate surface area is 110 Å². The summed E-state index contributed by atoms with van der Waals surface area (Å²) in [6.45, 7) is 0.291. The summed E-state index contributed by atoms with van der Waals surface area (Å²) in [4.78, 5) is 28.7. The molecule has 2 rings (SSSR count). The van der Waals surface area contributed by atoms with Crippen molar-refractivity contribution in [3.05, 3.63) is 23.9 Å². The van der Waals surface area contributed by atoms with Crippen LogP contribution in [-0.2, 0) is 4.79 Å². The molecule has 0 saturated carbocycles. The van der Waals surface area contributed by atoms with Crippen molar-refractivity contribution in [3.63, 3.8) is 0 Å². The number of likely N-dealkylation sites (tertiary alicyclic amines) is 1. The van der Waals surface area contributed by atoms with Crippen LogP contribution in [0.3, 0.4) is 0 Å². The Balaban J connectivity index is 2.20. The van der Waals surface area contributed by atoms with Crippen molar-refractivity contribution in [3.8, 4) is 5.88 Å². The fourth-order valence-corrected chi connectivity index (χ4v) is 2.07. The van der Waals surface area contributed by atoms with Crippen LogP contribution >= 0.6 is 0 Å². The van der Waals surface area contributed by atoms with Crippen LogP contribution in [0.25, 0.3) is 0 Å². The molecule has 0 aliphatic carbocycles. The predicted octanol–water partition coefficient (Wildman–Crippen LogP) is -0.282. The van der Waals surface area contributed by atoms with Crippen molar-refractivity contribution in [1.82, 2.24) is 9.88 Å². The lowest BCUT2D eigenvalue weighted by atomic mass is 10.0. The highest BCUT2D eigenvalue weighted by molar-refractivity contribution is 5.97. The summed E-state index contributed by atoms with van der Waals surface area (Å²) in [5, 5.41) is 9.04. The first-order valence-electron chi connectivity index (χ1n) is 5.78. The maximum Gasteiger partial charge on any atom is 0.325 e. The van der Waals surface area contributed by atoms with E-state index in [0.29, 0.717) is 12.1 Å². The molecule has 1 amide bonds. The fourth-order valence-electron chi connectivity index (χ4n) is 2.07. The maximum atomic E-state index is 12.3. The molecule has 19 heavy (non-hydrogen) atoms. The van der Waals surface area contributed by atoms with Gasteiger partial charge in [-0.1, -0.05) is 0 Å². The average Bonchev–Trinajstić information content (AvgIpc) is 2.82. The first kappa shape index (κ1) is 13.3. The van der Waals surface area contributed by atoms with Crippen molar-refractivity contribution >= 4 is 11.9 Å². The quantitative estimate of drug-likeness (QED) is 0.778. The maximum absolute atomic E-state index is 12.3. The number of pyridine rings is 1. The highest BCUT2D eigenvalue weighted by Gasteiger charge is 2.43. The molecule has 0 radical (unpaired) electrons. The number of ether oxygens (including phenoxy) is 1. The number of rotatable bonds is 3. The van der Waals surface area contributed by atoms with E-state index >= 15 is 0 Å². The minimum Gasteiger partial charge on any atom is -0.480 e. The molecule has 1 aliphatic rings. The molecular weight excluding hydrogens is 250 g/mol. The van der Waals surface area contributed by atoms with Crippen molar-refractivity contribution in [2.45, 2.75) is 12.0 Å². The van der Waals surface area contributed by atoms with E-state index in [1.54, 1.807) is 12.1 Å². The second-order valence-electron chi connectivity index (χ2n) is 4.50. The highest BCUT2D eigenvalue weighted by Crippen LogP contribution is 2.23. The van der Waals surface area contributed by atoms with E-state index < -0.39 is 11.5 Å². The molecular formula is C12H15N3O4. The standard InChI is InChI=1S/C12H15N3O4/c1-19-9-8(3-2-5-14-9)10(16)15-6-4-12(13,7-15)11(17)18/h2-3,5H,4,6-7,13H2,1H3,(H,17,18). The topological polar surface area (TPSA) is 106 Å². The second kappa shape index (κ2) is 4.85. The summed E-state index contributed by atoms with van der Waals surface area (Å²) < 4.78 is 5.02. The molecule has 1 aromatic rings. The summed E-state index contributed by atoms with van der Waals surface area (Å²) in [5.74, 6) is -1.20. The summed E-state index contributed by atoms with van der Waals surface area (Å²) in [5.41, 5.74) is 4.67. The minimum absolute atomic E-state index is 0.0147. The van der Waals surface area contributed by atoms with E-state index in [1.807, 2.05) is 0 Å². The van der Waals surface area contributed by atoms with Crippen LogP contribution in [0.5, 0.6) is 5.88 Å². The highest BCUT2D eigenvalue weighted by atomic mass is 16.5. The van der Waals surface area contributed by atoms with Crippen molar-refractivity contribution in [2.75, 3.05) is 20.2 Å². The summed E-state index contributed by atoms with van der Waals surface area (Å²) >= 11 is 0. The number of hydrogen-bond acceptors (Lipinski definition) is 5. The third kappa shape index (κ3) is 2.37. The Morgan fingerprint density at radius 3 is 2.89 bits per heavy atom. The molecule has 1 unspecified atom stereocenters. The van der Waals surface area contributed by atoms with Crippen LogP contribution < -0.4 is 10.5 Å². The van der Waals surface area contributed by atoms with Gasteiger partial charge in [0.05, 0.1) is 7.11 Å². The first-order valence-corrected chi connectivity index (χ1v) is 5.78. The Morgan fingerprint density at radius 1 is 1.58 bits per heavy atom.